The van der Waals surface area contributed by atoms with Crippen molar-refractivity contribution >= 4 is 10.2 Å². The molecule has 6 heteroatoms. The van der Waals surface area contributed by atoms with E-state index in [1.165, 1.54) is 0 Å². The average Bonchev–Trinajstić information content (AvgIpc) is 2.26. The normalized spacial score (nSPS) is 14.5. The minimum Gasteiger partial charge on any atom is -0.326 e. The minimum absolute atomic E-state index is 0.124. The van der Waals surface area contributed by atoms with Gasteiger partial charge in [-0.05, 0) is 11.8 Å². The molecular weight excluding hydrogens is 238 g/mol. The molecule has 0 saturated heterocycles. The van der Waals surface area contributed by atoms with Gasteiger partial charge in [0, 0.05) is 19.1 Å². The molecule has 0 heterocycles. The van der Waals surface area contributed by atoms with Crippen molar-refractivity contribution in [2.75, 3.05) is 13.1 Å². The third-order valence-corrected chi connectivity index (χ3v) is 3.94. The van der Waals surface area contributed by atoms with Gasteiger partial charge in [-0.25, -0.2) is 9.44 Å². The van der Waals surface area contributed by atoms with Gasteiger partial charge in [-0.3, -0.25) is 0 Å². The van der Waals surface area contributed by atoms with E-state index in [1.54, 1.807) is 0 Å². The molecule has 0 radical (unpaired) electrons. The highest BCUT2D eigenvalue weighted by molar-refractivity contribution is 7.87. The molecule has 5 nitrogen and oxygen atoms in total. The quantitative estimate of drug-likeness (QED) is 0.577. The van der Waals surface area contributed by atoms with E-state index in [2.05, 4.69) is 23.3 Å². The first-order chi connectivity index (χ1) is 7.82. The van der Waals surface area contributed by atoms with Crippen molar-refractivity contribution in [3.63, 3.8) is 0 Å². The Labute approximate surface area is 106 Å². The van der Waals surface area contributed by atoms with E-state index in [0.717, 1.165) is 12.8 Å². The van der Waals surface area contributed by atoms with Crippen LogP contribution in [0.2, 0.25) is 0 Å². The monoisotopic (exact) mass is 265 g/mol. The largest absolute Gasteiger partial charge is 0.326 e. The number of nitrogens with two attached hydrogens (primary N) is 1. The summed E-state index contributed by atoms with van der Waals surface area (Å²) in [4.78, 5) is 0. The van der Waals surface area contributed by atoms with E-state index < -0.39 is 10.2 Å². The first-order valence-corrected chi connectivity index (χ1v) is 7.80. The van der Waals surface area contributed by atoms with E-state index in [-0.39, 0.29) is 6.04 Å². The van der Waals surface area contributed by atoms with Gasteiger partial charge < -0.3 is 5.73 Å². The summed E-state index contributed by atoms with van der Waals surface area (Å²) < 4.78 is 28.1. The molecule has 0 fully saturated rings. The van der Waals surface area contributed by atoms with Gasteiger partial charge in [0.15, 0.2) is 0 Å². The zero-order valence-electron chi connectivity index (χ0n) is 11.4. The van der Waals surface area contributed by atoms with Crippen molar-refractivity contribution < 1.29 is 8.42 Å². The molecule has 17 heavy (non-hydrogen) atoms. The fourth-order valence-corrected chi connectivity index (χ4v) is 2.66. The van der Waals surface area contributed by atoms with Crippen LogP contribution in [0.15, 0.2) is 0 Å². The lowest BCUT2D eigenvalue weighted by molar-refractivity contribution is 0.392. The summed E-state index contributed by atoms with van der Waals surface area (Å²) in [5.41, 5.74) is 5.95. The van der Waals surface area contributed by atoms with Crippen molar-refractivity contribution in [2.45, 2.75) is 46.6 Å². The highest BCUT2D eigenvalue weighted by Gasteiger charge is 2.17. The molecule has 0 aliphatic carbocycles. The van der Waals surface area contributed by atoms with Crippen molar-refractivity contribution in [2.24, 2.45) is 17.6 Å². The average molecular weight is 265 g/mol. The fraction of sp³-hybridized carbons (Fsp3) is 1.00. The van der Waals surface area contributed by atoms with Crippen LogP contribution in [0.5, 0.6) is 0 Å². The summed E-state index contributed by atoms with van der Waals surface area (Å²) in [6.07, 6.45) is 1.94. The van der Waals surface area contributed by atoms with Crippen LogP contribution in [0.3, 0.4) is 0 Å². The first kappa shape index (κ1) is 16.8. The van der Waals surface area contributed by atoms with Crippen LogP contribution in [0.4, 0.5) is 0 Å². The molecule has 4 N–H and O–H groups in total. The summed E-state index contributed by atoms with van der Waals surface area (Å²) in [6.45, 7) is 8.78. The Morgan fingerprint density at radius 2 is 1.53 bits per heavy atom. The highest BCUT2D eigenvalue weighted by atomic mass is 32.2. The third kappa shape index (κ3) is 7.70. The molecule has 0 saturated carbocycles. The molecule has 0 aromatic rings. The van der Waals surface area contributed by atoms with Gasteiger partial charge in [-0.2, -0.15) is 8.42 Å². The van der Waals surface area contributed by atoms with Crippen molar-refractivity contribution in [3.05, 3.63) is 0 Å². The molecular formula is C11H27N3O2S. The van der Waals surface area contributed by atoms with Gasteiger partial charge in [0.25, 0.3) is 10.2 Å². The van der Waals surface area contributed by atoms with Crippen molar-refractivity contribution in [1.29, 1.82) is 0 Å². The summed E-state index contributed by atoms with van der Waals surface area (Å²) in [5.74, 6) is 0.655. The van der Waals surface area contributed by atoms with E-state index >= 15 is 0 Å². The third-order valence-electron chi connectivity index (χ3n) is 2.84. The van der Waals surface area contributed by atoms with E-state index in [0.29, 0.717) is 24.9 Å². The number of hydrogen-bond donors (Lipinski definition) is 3. The zero-order chi connectivity index (χ0) is 13.5. The molecule has 0 aliphatic heterocycles. The minimum atomic E-state index is -3.40. The molecule has 1 atom stereocenters. The molecule has 104 valence electrons. The molecule has 0 spiro atoms. The second kappa shape index (κ2) is 8.02. The predicted molar refractivity (Wildman–Crippen MR) is 71.8 cm³/mol. The maximum Gasteiger partial charge on any atom is 0.276 e. The van der Waals surface area contributed by atoms with E-state index in [1.807, 2.05) is 13.8 Å². The number of rotatable bonds is 9. The Morgan fingerprint density at radius 3 is 1.94 bits per heavy atom. The van der Waals surface area contributed by atoms with Gasteiger partial charge in [-0.15, -0.1) is 0 Å². The van der Waals surface area contributed by atoms with Gasteiger partial charge in [0.05, 0.1) is 0 Å². The molecule has 0 bridgehead atoms. The topological polar surface area (TPSA) is 84.2 Å². The second-order valence-electron chi connectivity index (χ2n) is 4.83. The first-order valence-electron chi connectivity index (χ1n) is 6.32. The Morgan fingerprint density at radius 1 is 1.06 bits per heavy atom. The summed E-state index contributed by atoms with van der Waals surface area (Å²) in [7, 11) is -3.40. The lowest BCUT2D eigenvalue weighted by atomic mass is 9.95. The maximum absolute atomic E-state index is 11.6. The lowest BCUT2D eigenvalue weighted by Crippen LogP contribution is -2.46. The summed E-state index contributed by atoms with van der Waals surface area (Å²) in [5, 5.41) is 0. The Kier molecular flexibility index (Phi) is 7.94. The molecule has 0 amide bonds. The van der Waals surface area contributed by atoms with Gasteiger partial charge in [-0.1, -0.05) is 40.5 Å². The Bertz CT molecular complexity index is 287. The Hall–Kier alpha value is -0.170. The lowest BCUT2D eigenvalue weighted by Gasteiger charge is -2.21. The summed E-state index contributed by atoms with van der Waals surface area (Å²) >= 11 is 0. The highest BCUT2D eigenvalue weighted by Crippen LogP contribution is 2.10. The fourth-order valence-electron chi connectivity index (χ4n) is 1.59. The van der Waals surface area contributed by atoms with Crippen LogP contribution in [-0.4, -0.2) is 27.5 Å². The molecule has 1 unspecified atom stereocenters. The van der Waals surface area contributed by atoms with Crippen molar-refractivity contribution in [3.8, 4) is 0 Å². The van der Waals surface area contributed by atoms with Crippen molar-refractivity contribution in [1.82, 2.24) is 9.44 Å². The van der Waals surface area contributed by atoms with Crippen LogP contribution in [0, 0.1) is 11.8 Å². The van der Waals surface area contributed by atoms with Crippen LogP contribution >= 0.6 is 0 Å². The van der Waals surface area contributed by atoms with Crippen LogP contribution < -0.4 is 15.2 Å². The number of nitrogens with one attached hydrogen (secondary N) is 2. The zero-order valence-corrected chi connectivity index (χ0v) is 12.2. The van der Waals surface area contributed by atoms with Gasteiger partial charge in [0.1, 0.15) is 0 Å². The van der Waals surface area contributed by atoms with Crippen LogP contribution in [0.25, 0.3) is 0 Å². The molecule has 0 aromatic carbocycles. The maximum atomic E-state index is 11.6. The van der Waals surface area contributed by atoms with E-state index in [9.17, 15) is 8.42 Å². The van der Waals surface area contributed by atoms with Gasteiger partial charge >= 0.3 is 0 Å². The van der Waals surface area contributed by atoms with Crippen LogP contribution in [0.1, 0.15) is 40.5 Å². The molecule has 0 aromatic heterocycles. The van der Waals surface area contributed by atoms with Crippen LogP contribution in [-0.2, 0) is 10.2 Å². The smallest absolute Gasteiger partial charge is 0.276 e. The number of hydrogen-bond acceptors (Lipinski definition) is 3. The molecule has 0 aliphatic rings. The predicted octanol–water partition coefficient (Wildman–Crippen LogP) is 0.830. The summed E-state index contributed by atoms with van der Waals surface area (Å²) in [6, 6.07) is -0.124. The molecule has 0 rings (SSSR count). The van der Waals surface area contributed by atoms with Gasteiger partial charge in [0.2, 0.25) is 0 Å². The SMILES string of the molecule is CCC(CC)C(N)CNS(=O)(=O)NCC(C)C. The second-order valence-corrected chi connectivity index (χ2v) is 6.42. The standard InChI is InChI=1S/C11H27N3O2S/c1-5-10(6-2)11(12)8-14-17(15,16)13-7-9(3)4/h9-11,13-14H,5-8,12H2,1-4H3. The Balaban J connectivity index is 4.08. The van der Waals surface area contributed by atoms with E-state index in [4.69, 9.17) is 5.73 Å².